The normalized spacial score (nSPS) is 19.9. The van der Waals surface area contributed by atoms with E-state index in [1.165, 1.54) is 29.2 Å². The molecular weight excluding hydrogens is 346 g/mol. The van der Waals surface area contributed by atoms with Gasteiger partial charge in [0.2, 0.25) is 0 Å². The maximum atomic E-state index is 13.7. The number of carbonyl (C=O) groups excluding carboxylic acids is 1. The second-order valence-electron chi connectivity index (χ2n) is 6.84. The molecule has 0 unspecified atom stereocenters. The molecule has 2 fully saturated rings. The first-order chi connectivity index (χ1) is 13.0. The summed E-state index contributed by atoms with van der Waals surface area (Å²) in [5, 5.41) is 30.9. The van der Waals surface area contributed by atoms with Gasteiger partial charge in [-0.3, -0.25) is 15.1 Å². The van der Waals surface area contributed by atoms with Crippen LogP contribution in [-0.4, -0.2) is 46.2 Å². The van der Waals surface area contributed by atoms with Crippen LogP contribution in [-0.2, 0) is 15.1 Å². The molecule has 4 rings (SSSR count). The molecule has 0 spiro atoms. The number of ether oxygens (including phenoxy) is 1. The number of nitrogens with zero attached hydrogens (tertiary/aromatic N) is 1. The summed E-state index contributed by atoms with van der Waals surface area (Å²) in [6.45, 7) is 1.13. The molecule has 7 heteroatoms. The SMILES string of the molecule is N=C1NC(c2ccc(O)cc2)(c2ccc(O)cc2)C(=O)N1C1CCOCC1. The van der Waals surface area contributed by atoms with Crippen molar-refractivity contribution in [3.8, 4) is 11.5 Å². The number of aromatic hydroxyl groups is 2. The molecule has 7 nitrogen and oxygen atoms in total. The highest BCUT2D eigenvalue weighted by Crippen LogP contribution is 2.38. The van der Waals surface area contributed by atoms with E-state index in [1.54, 1.807) is 24.3 Å². The predicted molar refractivity (Wildman–Crippen MR) is 98.5 cm³/mol. The Bertz CT molecular complexity index is 812. The third-order valence-electron chi connectivity index (χ3n) is 5.24. The van der Waals surface area contributed by atoms with Crippen LogP contribution in [0.1, 0.15) is 24.0 Å². The Morgan fingerprint density at radius 2 is 1.44 bits per heavy atom. The molecule has 0 radical (unpaired) electrons. The first-order valence-electron chi connectivity index (χ1n) is 8.89. The Labute approximate surface area is 156 Å². The Morgan fingerprint density at radius 3 is 1.93 bits per heavy atom. The van der Waals surface area contributed by atoms with Crippen LogP contribution in [0.2, 0.25) is 0 Å². The number of carbonyl (C=O) groups is 1. The molecule has 2 aliphatic rings. The van der Waals surface area contributed by atoms with Crippen LogP contribution in [0.15, 0.2) is 48.5 Å². The molecule has 2 heterocycles. The molecule has 4 N–H and O–H groups in total. The topological polar surface area (TPSA) is 106 Å². The van der Waals surface area contributed by atoms with Gasteiger partial charge in [-0.1, -0.05) is 24.3 Å². The number of amides is 1. The summed E-state index contributed by atoms with van der Waals surface area (Å²) in [6.07, 6.45) is 1.36. The van der Waals surface area contributed by atoms with E-state index in [1.807, 2.05) is 0 Å². The molecule has 27 heavy (non-hydrogen) atoms. The standard InChI is InChI=1S/C20H21N3O4/c21-19-22-20(13-1-5-16(24)6-2-13,14-3-7-17(25)8-4-14)18(26)23(19)15-9-11-27-12-10-15/h1-8,15,24-25H,9-12H2,(H2,21,22). The van der Waals surface area contributed by atoms with Crippen LogP contribution < -0.4 is 5.32 Å². The van der Waals surface area contributed by atoms with Gasteiger partial charge in [0.1, 0.15) is 11.5 Å². The van der Waals surface area contributed by atoms with Gasteiger partial charge in [-0.2, -0.15) is 0 Å². The van der Waals surface area contributed by atoms with Crippen molar-refractivity contribution in [2.75, 3.05) is 13.2 Å². The summed E-state index contributed by atoms with van der Waals surface area (Å²) < 4.78 is 5.39. The zero-order valence-electron chi connectivity index (χ0n) is 14.7. The van der Waals surface area contributed by atoms with Crippen molar-refractivity contribution in [3.63, 3.8) is 0 Å². The van der Waals surface area contributed by atoms with Crippen LogP contribution in [0.25, 0.3) is 0 Å². The van der Waals surface area contributed by atoms with E-state index in [4.69, 9.17) is 10.1 Å². The predicted octanol–water partition coefficient (Wildman–Crippen LogP) is 1.89. The van der Waals surface area contributed by atoms with E-state index in [-0.39, 0.29) is 29.4 Å². The lowest BCUT2D eigenvalue weighted by Crippen LogP contribution is -2.47. The highest BCUT2D eigenvalue weighted by Gasteiger charge is 2.54. The maximum Gasteiger partial charge on any atom is 0.264 e. The van der Waals surface area contributed by atoms with Gasteiger partial charge in [0, 0.05) is 19.3 Å². The van der Waals surface area contributed by atoms with E-state index in [0.717, 1.165) is 0 Å². The minimum Gasteiger partial charge on any atom is -0.508 e. The first-order valence-corrected chi connectivity index (χ1v) is 8.89. The highest BCUT2D eigenvalue weighted by molar-refractivity contribution is 6.10. The third-order valence-corrected chi connectivity index (χ3v) is 5.24. The molecule has 2 saturated heterocycles. The fourth-order valence-electron chi connectivity index (χ4n) is 3.85. The second-order valence-corrected chi connectivity index (χ2v) is 6.84. The van der Waals surface area contributed by atoms with Gasteiger partial charge in [-0.05, 0) is 48.2 Å². The Kier molecular flexibility index (Phi) is 4.24. The van der Waals surface area contributed by atoms with E-state index in [0.29, 0.717) is 37.2 Å². The lowest BCUT2D eigenvalue weighted by atomic mass is 9.82. The minimum atomic E-state index is -1.28. The molecule has 0 atom stereocenters. The average Bonchev–Trinajstić information content (AvgIpc) is 2.95. The Morgan fingerprint density at radius 1 is 0.963 bits per heavy atom. The molecular formula is C20H21N3O4. The largest absolute Gasteiger partial charge is 0.508 e. The van der Waals surface area contributed by atoms with E-state index >= 15 is 0 Å². The molecule has 0 aliphatic carbocycles. The van der Waals surface area contributed by atoms with Crippen LogP contribution in [0.4, 0.5) is 0 Å². The summed E-state index contributed by atoms with van der Waals surface area (Å²) in [5.74, 6) is 0.00616. The fraction of sp³-hybridized carbons (Fsp3) is 0.300. The zero-order valence-corrected chi connectivity index (χ0v) is 14.7. The molecule has 2 aromatic rings. The summed E-state index contributed by atoms with van der Waals surface area (Å²) in [4.78, 5) is 15.2. The molecule has 2 aliphatic heterocycles. The average molecular weight is 367 g/mol. The smallest absolute Gasteiger partial charge is 0.264 e. The van der Waals surface area contributed by atoms with Crippen LogP contribution in [0, 0.1) is 5.41 Å². The fourth-order valence-corrected chi connectivity index (χ4v) is 3.85. The summed E-state index contributed by atoms with van der Waals surface area (Å²) in [5.41, 5.74) is -0.0397. The third kappa shape index (κ3) is 2.80. The van der Waals surface area contributed by atoms with Crippen molar-refractivity contribution < 1.29 is 19.7 Å². The van der Waals surface area contributed by atoms with Gasteiger partial charge < -0.3 is 20.3 Å². The molecule has 0 bridgehead atoms. The lowest BCUT2D eigenvalue weighted by Gasteiger charge is -2.32. The number of rotatable bonds is 3. The number of nitrogens with one attached hydrogen (secondary N) is 2. The van der Waals surface area contributed by atoms with Crippen molar-refractivity contribution in [1.29, 1.82) is 5.41 Å². The molecule has 140 valence electrons. The summed E-state index contributed by atoms with van der Waals surface area (Å²) >= 11 is 0. The summed E-state index contributed by atoms with van der Waals surface area (Å²) in [6, 6.07) is 12.7. The molecule has 0 saturated carbocycles. The number of phenolic OH excluding ortho intramolecular Hbond substituents is 2. The van der Waals surface area contributed by atoms with Crippen molar-refractivity contribution in [2.24, 2.45) is 0 Å². The van der Waals surface area contributed by atoms with Crippen molar-refractivity contribution >= 4 is 11.9 Å². The van der Waals surface area contributed by atoms with Crippen LogP contribution in [0.5, 0.6) is 11.5 Å². The molecule has 2 aromatic carbocycles. The van der Waals surface area contributed by atoms with Gasteiger partial charge in [-0.15, -0.1) is 0 Å². The lowest BCUT2D eigenvalue weighted by molar-refractivity contribution is -0.132. The number of guanidine groups is 1. The van der Waals surface area contributed by atoms with Gasteiger partial charge >= 0.3 is 0 Å². The van der Waals surface area contributed by atoms with E-state index in [2.05, 4.69) is 5.32 Å². The summed E-state index contributed by atoms with van der Waals surface area (Å²) in [7, 11) is 0. The Hall–Kier alpha value is -3.06. The number of hydrogen-bond donors (Lipinski definition) is 4. The second kappa shape index (κ2) is 6.59. The first kappa shape index (κ1) is 17.4. The van der Waals surface area contributed by atoms with Crippen LogP contribution in [0.3, 0.4) is 0 Å². The van der Waals surface area contributed by atoms with Gasteiger partial charge in [0.25, 0.3) is 5.91 Å². The van der Waals surface area contributed by atoms with Gasteiger partial charge in [0.15, 0.2) is 11.5 Å². The monoisotopic (exact) mass is 367 g/mol. The quantitative estimate of drug-likeness (QED) is 0.663. The molecule has 1 amide bonds. The van der Waals surface area contributed by atoms with Gasteiger partial charge in [-0.25, -0.2) is 0 Å². The highest BCUT2D eigenvalue weighted by atomic mass is 16.5. The van der Waals surface area contributed by atoms with Crippen molar-refractivity contribution in [3.05, 3.63) is 59.7 Å². The maximum absolute atomic E-state index is 13.7. The minimum absolute atomic E-state index is 0.0491. The van der Waals surface area contributed by atoms with E-state index < -0.39 is 5.54 Å². The van der Waals surface area contributed by atoms with Crippen molar-refractivity contribution in [2.45, 2.75) is 24.4 Å². The number of phenols is 2. The van der Waals surface area contributed by atoms with Crippen molar-refractivity contribution in [1.82, 2.24) is 10.2 Å². The Balaban J connectivity index is 1.83. The van der Waals surface area contributed by atoms with Gasteiger partial charge in [0.05, 0.1) is 0 Å². The molecule has 0 aromatic heterocycles. The van der Waals surface area contributed by atoms with E-state index in [9.17, 15) is 15.0 Å². The van der Waals surface area contributed by atoms with Crippen LogP contribution >= 0.6 is 0 Å². The zero-order chi connectivity index (χ0) is 19.0. The number of hydrogen-bond acceptors (Lipinski definition) is 5. The number of benzene rings is 2.